The molecule has 0 fully saturated rings. The third-order valence-electron chi connectivity index (χ3n) is 3.20. The second-order valence-electron chi connectivity index (χ2n) is 5.07. The number of aliphatic carboxylic acids is 1. The Hall–Kier alpha value is -2.21. The monoisotopic (exact) mass is 307 g/mol. The standard InChI is InChI=1S/C16H21NO5/c17-14(16(20)21)7-2-1-3-8-15(19)22-11-13-6-4-5-12(9-13)10-18/h4-6,9-10,14H,1-3,7-8,11,17H2,(H,20,21)/t14-/m0/s1. The normalized spacial score (nSPS) is 11.7. The van der Waals surface area contributed by atoms with Crippen molar-refractivity contribution < 1.29 is 24.2 Å². The van der Waals surface area contributed by atoms with Crippen LogP contribution in [0.3, 0.4) is 0 Å². The second-order valence-corrected chi connectivity index (χ2v) is 5.07. The molecule has 0 heterocycles. The Kier molecular flexibility index (Phi) is 7.85. The molecule has 0 bridgehead atoms. The Morgan fingerprint density at radius 1 is 1.27 bits per heavy atom. The number of ether oxygens (including phenoxy) is 1. The predicted molar refractivity (Wildman–Crippen MR) is 80.3 cm³/mol. The molecular weight excluding hydrogens is 286 g/mol. The lowest BCUT2D eigenvalue weighted by Crippen LogP contribution is -2.29. The molecule has 0 aliphatic rings. The van der Waals surface area contributed by atoms with E-state index in [4.69, 9.17) is 15.6 Å². The molecule has 22 heavy (non-hydrogen) atoms. The molecule has 1 atom stereocenters. The van der Waals surface area contributed by atoms with Crippen LogP contribution in [0.5, 0.6) is 0 Å². The lowest BCUT2D eigenvalue weighted by atomic mass is 10.1. The molecule has 6 nitrogen and oxygen atoms in total. The van der Waals surface area contributed by atoms with E-state index in [0.29, 0.717) is 24.8 Å². The van der Waals surface area contributed by atoms with Crippen LogP contribution in [-0.4, -0.2) is 29.4 Å². The molecular formula is C16H21NO5. The highest BCUT2D eigenvalue weighted by Gasteiger charge is 2.10. The Bertz CT molecular complexity index is 515. The molecule has 6 heteroatoms. The maximum absolute atomic E-state index is 11.6. The molecule has 0 spiro atoms. The zero-order valence-corrected chi connectivity index (χ0v) is 12.4. The second kappa shape index (κ2) is 9.68. The van der Waals surface area contributed by atoms with Gasteiger partial charge in [-0.05, 0) is 24.5 Å². The molecule has 0 aliphatic heterocycles. The van der Waals surface area contributed by atoms with Crippen molar-refractivity contribution in [1.82, 2.24) is 0 Å². The number of hydrogen-bond acceptors (Lipinski definition) is 5. The summed E-state index contributed by atoms with van der Waals surface area (Å²) in [5, 5.41) is 8.62. The number of carboxylic acids is 1. The lowest BCUT2D eigenvalue weighted by Gasteiger charge is -2.07. The SMILES string of the molecule is N[C@@H](CCCCCC(=O)OCc1cccc(C=O)c1)C(=O)O. The molecule has 0 radical (unpaired) electrons. The van der Waals surface area contributed by atoms with E-state index in [2.05, 4.69) is 0 Å². The van der Waals surface area contributed by atoms with E-state index in [1.165, 1.54) is 0 Å². The summed E-state index contributed by atoms with van der Waals surface area (Å²) in [6, 6.07) is 6.04. The first-order valence-electron chi connectivity index (χ1n) is 7.21. The van der Waals surface area contributed by atoms with Crippen molar-refractivity contribution in [3.63, 3.8) is 0 Å². The van der Waals surface area contributed by atoms with Crippen molar-refractivity contribution in [2.45, 2.75) is 44.8 Å². The number of rotatable bonds is 10. The molecule has 0 aromatic heterocycles. The number of hydrogen-bond donors (Lipinski definition) is 2. The summed E-state index contributed by atoms with van der Waals surface area (Å²) in [5.74, 6) is -1.31. The molecule has 0 amide bonds. The molecule has 0 saturated carbocycles. The first-order valence-corrected chi connectivity index (χ1v) is 7.21. The van der Waals surface area contributed by atoms with Crippen LogP contribution < -0.4 is 5.73 Å². The predicted octanol–water partition coefficient (Wildman–Crippen LogP) is 1.90. The van der Waals surface area contributed by atoms with Gasteiger partial charge in [-0.25, -0.2) is 0 Å². The minimum absolute atomic E-state index is 0.143. The average Bonchev–Trinajstić information content (AvgIpc) is 2.52. The summed E-state index contributed by atoms with van der Waals surface area (Å²) < 4.78 is 5.12. The van der Waals surface area contributed by atoms with Crippen molar-refractivity contribution >= 4 is 18.2 Å². The third kappa shape index (κ3) is 6.99. The van der Waals surface area contributed by atoms with Gasteiger partial charge in [0.2, 0.25) is 0 Å². The fourth-order valence-electron chi connectivity index (χ4n) is 1.93. The zero-order chi connectivity index (χ0) is 16.4. The number of aldehydes is 1. The van der Waals surface area contributed by atoms with Gasteiger partial charge in [0, 0.05) is 12.0 Å². The highest BCUT2D eigenvalue weighted by molar-refractivity contribution is 5.75. The van der Waals surface area contributed by atoms with Gasteiger partial charge in [-0.1, -0.05) is 31.0 Å². The molecule has 1 rings (SSSR count). The number of carboxylic acid groups (broad SMARTS) is 1. The summed E-state index contributed by atoms with van der Waals surface area (Å²) in [4.78, 5) is 32.7. The van der Waals surface area contributed by atoms with Gasteiger partial charge in [-0.15, -0.1) is 0 Å². The van der Waals surface area contributed by atoms with E-state index in [1.54, 1.807) is 24.3 Å². The maximum Gasteiger partial charge on any atom is 0.320 e. The molecule has 0 saturated heterocycles. The smallest absolute Gasteiger partial charge is 0.320 e. The third-order valence-corrected chi connectivity index (χ3v) is 3.20. The summed E-state index contributed by atoms with van der Waals surface area (Å²) in [5.41, 5.74) is 6.69. The van der Waals surface area contributed by atoms with Crippen molar-refractivity contribution in [3.8, 4) is 0 Å². The Morgan fingerprint density at radius 2 is 2.05 bits per heavy atom. The van der Waals surface area contributed by atoms with Crippen LogP contribution in [0.1, 0.15) is 48.0 Å². The first-order chi connectivity index (χ1) is 10.5. The largest absolute Gasteiger partial charge is 0.480 e. The Morgan fingerprint density at radius 3 is 2.73 bits per heavy atom. The van der Waals surface area contributed by atoms with Crippen LogP contribution in [0.2, 0.25) is 0 Å². The fourth-order valence-corrected chi connectivity index (χ4v) is 1.93. The molecule has 1 aromatic carbocycles. The van der Waals surface area contributed by atoms with Gasteiger partial charge in [-0.2, -0.15) is 0 Å². The summed E-state index contributed by atoms with van der Waals surface area (Å²) in [6.45, 7) is 0.143. The first kappa shape index (κ1) is 17.8. The molecule has 3 N–H and O–H groups in total. The molecule has 0 aliphatic carbocycles. The van der Waals surface area contributed by atoms with Crippen LogP contribution >= 0.6 is 0 Å². The van der Waals surface area contributed by atoms with Crippen LogP contribution in [0.15, 0.2) is 24.3 Å². The van der Waals surface area contributed by atoms with E-state index >= 15 is 0 Å². The number of esters is 1. The van der Waals surface area contributed by atoms with Gasteiger partial charge < -0.3 is 15.6 Å². The highest BCUT2D eigenvalue weighted by Crippen LogP contribution is 2.08. The number of nitrogens with two attached hydrogens (primary N) is 1. The summed E-state index contributed by atoms with van der Waals surface area (Å²) >= 11 is 0. The van der Waals surface area contributed by atoms with Gasteiger partial charge in [0.25, 0.3) is 0 Å². The van der Waals surface area contributed by atoms with Crippen molar-refractivity contribution in [1.29, 1.82) is 0 Å². The van der Waals surface area contributed by atoms with Crippen LogP contribution in [0.25, 0.3) is 0 Å². The van der Waals surface area contributed by atoms with Gasteiger partial charge in [0.05, 0.1) is 0 Å². The van der Waals surface area contributed by atoms with Crippen LogP contribution in [0.4, 0.5) is 0 Å². The van der Waals surface area contributed by atoms with E-state index in [1.807, 2.05) is 0 Å². The Labute approximate surface area is 129 Å². The maximum atomic E-state index is 11.6. The van der Waals surface area contributed by atoms with Crippen molar-refractivity contribution in [2.24, 2.45) is 5.73 Å². The average molecular weight is 307 g/mol. The number of carbonyl (C=O) groups excluding carboxylic acids is 2. The molecule has 120 valence electrons. The summed E-state index contributed by atoms with van der Waals surface area (Å²) in [7, 11) is 0. The lowest BCUT2D eigenvalue weighted by molar-refractivity contribution is -0.145. The topological polar surface area (TPSA) is 107 Å². The minimum Gasteiger partial charge on any atom is -0.480 e. The van der Waals surface area contributed by atoms with Crippen molar-refractivity contribution in [2.75, 3.05) is 0 Å². The molecule has 1 aromatic rings. The van der Waals surface area contributed by atoms with E-state index in [0.717, 1.165) is 18.3 Å². The van der Waals surface area contributed by atoms with E-state index in [-0.39, 0.29) is 19.0 Å². The van der Waals surface area contributed by atoms with E-state index < -0.39 is 12.0 Å². The van der Waals surface area contributed by atoms with Crippen molar-refractivity contribution in [3.05, 3.63) is 35.4 Å². The van der Waals surface area contributed by atoms with Gasteiger partial charge in [0.1, 0.15) is 18.9 Å². The zero-order valence-electron chi connectivity index (χ0n) is 12.4. The highest BCUT2D eigenvalue weighted by atomic mass is 16.5. The van der Waals surface area contributed by atoms with Gasteiger partial charge >= 0.3 is 11.9 Å². The van der Waals surface area contributed by atoms with Crippen LogP contribution in [0, 0.1) is 0 Å². The minimum atomic E-state index is -1.00. The van der Waals surface area contributed by atoms with E-state index in [9.17, 15) is 14.4 Å². The number of carbonyl (C=O) groups is 3. The number of benzene rings is 1. The number of unbranched alkanes of at least 4 members (excludes halogenated alkanes) is 2. The fraction of sp³-hybridized carbons (Fsp3) is 0.438. The van der Waals surface area contributed by atoms with Gasteiger partial charge in [-0.3, -0.25) is 14.4 Å². The molecule has 0 unspecified atom stereocenters. The quantitative estimate of drug-likeness (QED) is 0.388. The van der Waals surface area contributed by atoms with Gasteiger partial charge in [0.15, 0.2) is 0 Å². The summed E-state index contributed by atoms with van der Waals surface area (Å²) in [6.07, 6.45) is 3.48. The van der Waals surface area contributed by atoms with Crippen LogP contribution in [-0.2, 0) is 20.9 Å². The Balaban J connectivity index is 2.16.